The highest BCUT2D eigenvalue weighted by Crippen LogP contribution is 2.55. The summed E-state index contributed by atoms with van der Waals surface area (Å²) in [6.45, 7) is 5.55. The first-order valence-corrected chi connectivity index (χ1v) is 10.7. The fraction of sp³-hybridized carbons (Fsp3) is 0.571. The molecule has 2 N–H and O–H groups in total. The molecule has 0 aromatic carbocycles. The van der Waals surface area contributed by atoms with Crippen molar-refractivity contribution in [2.75, 3.05) is 13.1 Å². The number of nitrogens with two attached hydrogens (primary N) is 1. The van der Waals surface area contributed by atoms with E-state index in [0.717, 1.165) is 22.6 Å². The van der Waals surface area contributed by atoms with Crippen LogP contribution in [0.25, 0.3) is 0 Å². The summed E-state index contributed by atoms with van der Waals surface area (Å²) in [5, 5.41) is -0.442. The molecule has 172 valence electrons. The van der Waals surface area contributed by atoms with Gasteiger partial charge in [-0.15, -0.1) is 11.3 Å². The summed E-state index contributed by atoms with van der Waals surface area (Å²) in [5.74, 6) is 0.897. The molecule has 0 spiro atoms. The van der Waals surface area contributed by atoms with Crippen molar-refractivity contribution in [2.45, 2.75) is 57.6 Å². The number of hydrogen-bond acceptors (Lipinski definition) is 5. The molecule has 0 radical (unpaired) electrons. The lowest BCUT2D eigenvalue weighted by atomic mass is 9.74. The minimum Gasteiger partial charge on any atom is -0.293 e. The Balaban J connectivity index is 1.94. The van der Waals surface area contributed by atoms with E-state index in [1.54, 1.807) is 11.1 Å². The van der Waals surface area contributed by atoms with Crippen molar-refractivity contribution in [3.8, 4) is 0 Å². The van der Waals surface area contributed by atoms with Crippen molar-refractivity contribution in [3.05, 3.63) is 51.7 Å². The van der Waals surface area contributed by atoms with E-state index < -0.39 is 28.1 Å². The minimum atomic E-state index is -5.33. The first kappa shape index (κ1) is 24.0. The molecule has 1 aliphatic rings. The standard InChI is InChI=1S/C21H26F5N3OS/c1-14-4-5-15(12-28-14)18(2,3)29-11-10-19(13-29,20(23,30-27)21(24,25)26)9-8-16-6-7-17(22)31-16/h4-7,12H,8-11,13,27H2,1-3H3. The van der Waals surface area contributed by atoms with Crippen molar-refractivity contribution in [2.24, 2.45) is 11.3 Å². The van der Waals surface area contributed by atoms with Crippen LogP contribution in [0.5, 0.6) is 0 Å². The van der Waals surface area contributed by atoms with Crippen molar-refractivity contribution < 1.29 is 26.8 Å². The van der Waals surface area contributed by atoms with Crippen molar-refractivity contribution in [3.63, 3.8) is 0 Å². The van der Waals surface area contributed by atoms with E-state index in [-0.39, 0.29) is 32.4 Å². The zero-order chi connectivity index (χ0) is 23.1. The zero-order valence-corrected chi connectivity index (χ0v) is 18.4. The van der Waals surface area contributed by atoms with Gasteiger partial charge in [-0.1, -0.05) is 6.07 Å². The largest absolute Gasteiger partial charge is 0.450 e. The van der Waals surface area contributed by atoms with E-state index in [2.05, 4.69) is 9.82 Å². The van der Waals surface area contributed by atoms with Crippen molar-refractivity contribution in [1.29, 1.82) is 0 Å². The Labute approximate surface area is 182 Å². The van der Waals surface area contributed by atoms with Gasteiger partial charge in [0, 0.05) is 28.9 Å². The Morgan fingerprint density at radius 2 is 1.90 bits per heavy atom. The Morgan fingerprint density at radius 3 is 2.42 bits per heavy atom. The van der Waals surface area contributed by atoms with Crippen LogP contribution in [-0.2, 0) is 16.8 Å². The van der Waals surface area contributed by atoms with Gasteiger partial charge in [-0.3, -0.25) is 14.7 Å². The molecule has 2 unspecified atom stereocenters. The molecule has 0 aliphatic carbocycles. The average Bonchev–Trinajstić information content (AvgIpc) is 3.33. The molecule has 31 heavy (non-hydrogen) atoms. The second-order valence-electron chi connectivity index (χ2n) is 8.62. The number of aryl methyl sites for hydroxylation is 2. The lowest BCUT2D eigenvalue weighted by Gasteiger charge is -2.43. The van der Waals surface area contributed by atoms with Crippen LogP contribution >= 0.6 is 11.3 Å². The highest BCUT2D eigenvalue weighted by Gasteiger charge is 2.71. The summed E-state index contributed by atoms with van der Waals surface area (Å²) < 4.78 is 70.5. The van der Waals surface area contributed by atoms with Crippen molar-refractivity contribution >= 4 is 11.3 Å². The number of halogens is 5. The molecule has 2 aromatic rings. The highest BCUT2D eigenvalue weighted by atomic mass is 32.1. The second-order valence-corrected chi connectivity index (χ2v) is 9.73. The van der Waals surface area contributed by atoms with Crippen molar-refractivity contribution in [1.82, 2.24) is 9.88 Å². The molecule has 1 fully saturated rings. The monoisotopic (exact) mass is 463 g/mol. The summed E-state index contributed by atoms with van der Waals surface area (Å²) in [5.41, 5.74) is -1.02. The third kappa shape index (κ3) is 4.35. The van der Waals surface area contributed by atoms with E-state index in [1.807, 2.05) is 32.9 Å². The molecule has 4 nitrogen and oxygen atoms in total. The second kappa shape index (κ2) is 8.38. The van der Waals surface area contributed by atoms with Gasteiger partial charge in [0.1, 0.15) is 0 Å². The number of alkyl halides is 4. The predicted octanol–water partition coefficient (Wildman–Crippen LogP) is 5.27. The molecular formula is C21H26F5N3OS. The van der Waals surface area contributed by atoms with Gasteiger partial charge in [0.15, 0.2) is 5.13 Å². The number of aromatic nitrogens is 1. The van der Waals surface area contributed by atoms with Crippen LogP contribution < -0.4 is 5.90 Å². The predicted molar refractivity (Wildman–Crippen MR) is 108 cm³/mol. The molecule has 3 heterocycles. The van der Waals surface area contributed by atoms with Gasteiger partial charge < -0.3 is 0 Å². The maximum absolute atomic E-state index is 15.5. The number of likely N-dealkylation sites (tertiary alicyclic amines) is 1. The lowest BCUT2D eigenvalue weighted by Crippen LogP contribution is -2.60. The summed E-state index contributed by atoms with van der Waals surface area (Å²) in [4.78, 5) is 10.7. The lowest BCUT2D eigenvalue weighted by molar-refractivity contribution is -0.378. The van der Waals surface area contributed by atoms with Gasteiger partial charge in [-0.25, -0.2) is 5.90 Å². The zero-order valence-electron chi connectivity index (χ0n) is 17.6. The van der Waals surface area contributed by atoms with E-state index in [4.69, 9.17) is 5.90 Å². The smallest absolute Gasteiger partial charge is 0.293 e. The third-order valence-electron chi connectivity index (χ3n) is 6.45. The normalized spacial score (nSPS) is 22.6. The highest BCUT2D eigenvalue weighted by molar-refractivity contribution is 7.10. The number of pyridine rings is 1. The molecule has 2 atom stereocenters. The number of nitrogens with zero attached hydrogens (tertiary/aromatic N) is 2. The summed E-state index contributed by atoms with van der Waals surface area (Å²) in [6.07, 6.45) is -3.88. The molecular weight excluding hydrogens is 437 g/mol. The summed E-state index contributed by atoms with van der Waals surface area (Å²) in [6, 6.07) is 6.43. The first-order chi connectivity index (χ1) is 14.3. The van der Waals surface area contributed by atoms with Crippen LogP contribution in [0.1, 0.15) is 42.8 Å². The topological polar surface area (TPSA) is 51.4 Å². The third-order valence-corrected chi connectivity index (χ3v) is 7.38. The summed E-state index contributed by atoms with van der Waals surface area (Å²) in [7, 11) is 0. The quantitative estimate of drug-likeness (QED) is 0.449. The van der Waals surface area contributed by atoms with E-state index in [9.17, 15) is 17.6 Å². The van der Waals surface area contributed by atoms with Gasteiger partial charge in [-0.2, -0.15) is 22.0 Å². The Morgan fingerprint density at radius 1 is 1.19 bits per heavy atom. The maximum Gasteiger partial charge on any atom is 0.450 e. The first-order valence-electron chi connectivity index (χ1n) is 9.91. The van der Waals surface area contributed by atoms with Crippen LogP contribution in [0, 0.1) is 17.5 Å². The van der Waals surface area contributed by atoms with Crippen LogP contribution in [0.2, 0.25) is 0 Å². The number of rotatable bonds is 7. The Hall–Kier alpha value is -1.62. The molecule has 10 heteroatoms. The summed E-state index contributed by atoms with van der Waals surface area (Å²) >= 11 is 0.836. The SMILES string of the molecule is Cc1ccc(C(C)(C)N2CCC(CCc3ccc(F)s3)(C(F)(ON)C(F)(F)F)C2)cn1. The van der Waals surface area contributed by atoms with Gasteiger partial charge in [0.2, 0.25) is 0 Å². The van der Waals surface area contributed by atoms with E-state index in [0.29, 0.717) is 4.88 Å². The van der Waals surface area contributed by atoms with Crippen LogP contribution in [0.15, 0.2) is 30.5 Å². The van der Waals surface area contributed by atoms with Crippen LogP contribution in [-0.4, -0.2) is 35.0 Å². The van der Waals surface area contributed by atoms with Crippen LogP contribution in [0.3, 0.4) is 0 Å². The van der Waals surface area contributed by atoms with E-state index in [1.165, 1.54) is 12.1 Å². The molecule has 1 saturated heterocycles. The van der Waals surface area contributed by atoms with E-state index >= 15 is 4.39 Å². The maximum atomic E-state index is 15.5. The van der Waals surface area contributed by atoms with Gasteiger partial charge >= 0.3 is 12.0 Å². The fourth-order valence-electron chi connectivity index (χ4n) is 4.33. The average molecular weight is 464 g/mol. The molecule has 1 aliphatic heterocycles. The van der Waals surface area contributed by atoms with Crippen LogP contribution in [0.4, 0.5) is 22.0 Å². The number of thiophene rings is 1. The molecule has 0 bridgehead atoms. The fourth-order valence-corrected chi connectivity index (χ4v) is 5.06. The molecule has 0 amide bonds. The minimum absolute atomic E-state index is 0.0834. The van der Waals surface area contributed by atoms with Gasteiger partial charge in [0.25, 0.3) is 0 Å². The number of hydrogen-bond donors (Lipinski definition) is 1. The van der Waals surface area contributed by atoms with Gasteiger partial charge in [0.05, 0.1) is 5.41 Å². The molecule has 3 rings (SSSR count). The molecule has 0 saturated carbocycles. The Bertz CT molecular complexity index is 901. The molecule has 2 aromatic heterocycles. The van der Waals surface area contributed by atoms with Gasteiger partial charge in [-0.05, 0) is 70.3 Å². The Kier molecular flexibility index (Phi) is 6.50.